The fourth-order valence-corrected chi connectivity index (χ4v) is 3.03. The number of anilines is 1. The Morgan fingerprint density at radius 1 is 1.35 bits per heavy atom. The SMILES string of the molecule is C[C@@H](C1CC1)N(C(=O)Nc1cnn(-c2ccccn2)c1)C1CC1. The zero-order valence-corrected chi connectivity index (χ0v) is 13.2. The van der Waals surface area contributed by atoms with Crippen molar-refractivity contribution in [2.24, 2.45) is 5.92 Å². The number of rotatable bonds is 5. The summed E-state index contributed by atoms with van der Waals surface area (Å²) in [7, 11) is 0. The quantitative estimate of drug-likeness (QED) is 0.923. The van der Waals surface area contributed by atoms with Crippen molar-refractivity contribution in [2.45, 2.75) is 44.7 Å². The van der Waals surface area contributed by atoms with Crippen LogP contribution < -0.4 is 5.32 Å². The Labute approximate surface area is 135 Å². The number of nitrogens with one attached hydrogen (secondary N) is 1. The lowest BCUT2D eigenvalue weighted by Crippen LogP contribution is -2.44. The number of aromatic nitrogens is 3. The molecule has 1 atom stereocenters. The van der Waals surface area contributed by atoms with Crippen molar-refractivity contribution in [2.75, 3.05) is 5.32 Å². The number of hydrogen-bond donors (Lipinski definition) is 1. The fourth-order valence-electron chi connectivity index (χ4n) is 3.03. The second-order valence-corrected chi connectivity index (χ2v) is 6.51. The largest absolute Gasteiger partial charge is 0.322 e. The highest BCUT2D eigenvalue weighted by Crippen LogP contribution is 2.39. The van der Waals surface area contributed by atoms with E-state index in [0.717, 1.165) is 18.7 Å². The Morgan fingerprint density at radius 3 is 2.83 bits per heavy atom. The van der Waals surface area contributed by atoms with Gasteiger partial charge in [0.2, 0.25) is 0 Å². The van der Waals surface area contributed by atoms with Crippen LogP contribution in [-0.2, 0) is 0 Å². The monoisotopic (exact) mass is 311 g/mol. The maximum Gasteiger partial charge on any atom is 0.322 e. The minimum atomic E-state index is -0.00697. The van der Waals surface area contributed by atoms with Gasteiger partial charge in [-0.05, 0) is 50.7 Å². The predicted octanol–water partition coefficient (Wildman–Crippen LogP) is 3.06. The van der Waals surface area contributed by atoms with Crippen LogP contribution in [0.3, 0.4) is 0 Å². The second-order valence-electron chi connectivity index (χ2n) is 6.51. The summed E-state index contributed by atoms with van der Waals surface area (Å²) in [5.41, 5.74) is 0.703. The maximum absolute atomic E-state index is 12.7. The molecule has 2 aromatic rings. The third kappa shape index (κ3) is 3.06. The van der Waals surface area contributed by atoms with E-state index in [1.807, 2.05) is 23.1 Å². The first-order chi connectivity index (χ1) is 11.2. The summed E-state index contributed by atoms with van der Waals surface area (Å²) in [5.74, 6) is 1.41. The van der Waals surface area contributed by atoms with Crippen LogP contribution in [-0.4, -0.2) is 37.8 Å². The Hall–Kier alpha value is -2.37. The number of nitrogens with zero attached hydrogens (tertiary/aromatic N) is 4. The highest BCUT2D eigenvalue weighted by Gasteiger charge is 2.41. The summed E-state index contributed by atoms with van der Waals surface area (Å²) in [6, 6.07) is 6.39. The summed E-state index contributed by atoms with van der Waals surface area (Å²) < 4.78 is 1.67. The van der Waals surface area contributed by atoms with Crippen LogP contribution in [0.5, 0.6) is 0 Å². The Balaban J connectivity index is 1.46. The van der Waals surface area contributed by atoms with Gasteiger partial charge in [0.1, 0.15) is 0 Å². The molecule has 2 aromatic heterocycles. The van der Waals surface area contributed by atoms with Crippen LogP contribution >= 0.6 is 0 Å². The van der Waals surface area contributed by atoms with Gasteiger partial charge in [-0.3, -0.25) is 0 Å². The van der Waals surface area contributed by atoms with E-state index in [4.69, 9.17) is 0 Å². The molecule has 120 valence electrons. The van der Waals surface area contributed by atoms with Gasteiger partial charge in [0.05, 0.1) is 18.1 Å². The van der Waals surface area contributed by atoms with E-state index in [-0.39, 0.29) is 6.03 Å². The zero-order valence-electron chi connectivity index (χ0n) is 13.2. The van der Waals surface area contributed by atoms with Crippen LogP contribution in [0.1, 0.15) is 32.6 Å². The van der Waals surface area contributed by atoms with Gasteiger partial charge in [0, 0.05) is 18.3 Å². The van der Waals surface area contributed by atoms with Crippen LogP contribution in [0.4, 0.5) is 10.5 Å². The molecule has 0 aromatic carbocycles. The van der Waals surface area contributed by atoms with Crippen molar-refractivity contribution >= 4 is 11.7 Å². The lowest BCUT2D eigenvalue weighted by molar-refractivity contribution is 0.180. The van der Waals surface area contributed by atoms with Crippen molar-refractivity contribution in [3.63, 3.8) is 0 Å². The van der Waals surface area contributed by atoms with Crippen LogP contribution in [0.2, 0.25) is 0 Å². The van der Waals surface area contributed by atoms with Gasteiger partial charge in [-0.2, -0.15) is 5.10 Å². The molecule has 2 heterocycles. The number of hydrogen-bond acceptors (Lipinski definition) is 3. The molecule has 0 bridgehead atoms. The van der Waals surface area contributed by atoms with Crippen molar-refractivity contribution < 1.29 is 4.79 Å². The molecular formula is C17H21N5O. The first kappa shape index (κ1) is 14.2. The molecule has 2 aliphatic rings. The average Bonchev–Trinajstić information content (AvgIpc) is 3.47. The van der Waals surface area contributed by atoms with E-state index in [2.05, 4.69) is 22.3 Å². The van der Waals surface area contributed by atoms with Crippen molar-refractivity contribution in [3.8, 4) is 5.82 Å². The number of amides is 2. The fraction of sp³-hybridized carbons (Fsp3) is 0.471. The molecule has 2 fully saturated rings. The van der Waals surface area contributed by atoms with Crippen LogP contribution in [0.15, 0.2) is 36.8 Å². The number of pyridine rings is 1. The molecule has 23 heavy (non-hydrogen) atoms. The smallest absolute Gasteiger partial charge is 0.319 e. The number of urea groups is 1. The van der Waals surface area contributed by atoms with E-state index in [1.165, 1.54) is 12.8 Å². The first-order valence-electron chi connectivity index (χ1n) is 8.28. The second kappa shape index (κ2) is 5.68. The van der Waals surface area contributed by atoms with E-state index in [1.54, 1.807) is 23.3 Å². The molecule has 0 aliphatic heterocycles. The van der Waals surface area contributed by atoms with Crippen LogP contribution in [0, 0.1) is 5.92 Å². The average molecular weight is 311 g/mol. The first-order valence-corrected chi connectivity index (χ1v) is 8.28. The number of carbonyl (C=O) groups excluding carboxylic acids is 1. The topological polar surface area (TPSA) is 63.1 Å². The Morgan fingerprint density at radius 2 is 2.17 bits per heavy atom. The van der Waals surface area contributed by atoms with Gasteiger partial charge in [-0.25, -0.2) is 14.5 Å². The van der Waals surface area contributed by atoms with Gasteiger partial charge < -0.3 is 10.2 Å². The molecule has 1 N–H and O–H groups in total. The molecule has 6 nitrogen and oxygen atoms in total. The molecule has 6 heteroatoms. The summed E-state index contributed by atoms with van der Waals surface area (Å²) in [4.78, 5) is 19.0. The molecule has 4 rings (SSSR count). The molecule has 0 spiro atoms. The summed E-state index contributed by atoms with van der Waals surface area (Å²) in [6.07, 6.45) is 9.92. The zero-order chi connectivity index (χ0) is 15.8. The van der Waals surface area contributed by atoms with E-state index < -0.39 is 0 Å². The van der Waals surface area contributed by atoms with Crippen molar-refractivity contribution in [1.82, 2.24) is 19.7 Å². The predicted molar refractivity (Wildman–Crippen MR) is 87.4 cm³/mol. The molecular weight excluding hydrogens is 290 g/mol. The van der Waals surface area contributed by atoms with Gasteiger partial charge in [0.15, 0.2) is 5.82 Å². The summed E-state index contributed by atoms with van der Waals surface area (Å²) in [6.45, 7) is 2.17. The van der Waals surface area contributed by atoms with E-state index in [9.17, 15) is 4.79 Å². The maximum atomic E-state index is 12.7. The Kier molecular flexibility index (Phi) is 3.52. The van der Waals surface area contributed by atoms with Gasteiger partial charge in [-0.15, -0.1) is 0 Å². The molecule has 2 amide bonds. The summed E-state index contributed by atoms with van der Waals surface area (Å²) >= 11 is 0. The third-order valence-corrected chi connectivity index (χ3v) is 4.64. The normalized spacial score (nSPS) is 18.5. The van der Waals surface area contributed by atoms with Crippen molar-refractivity contribution in [1.29, 1.82) is 0 Å². The molecule has 0 radical (unpaired) electrons. The minimum absolute atomic E-state index is 0.00697. The highest BCUT2D eigenvalue weighted by atomic mass is 16.2. The van der Waals surface area contributed by atoms with Crippen LogP contribution in [0.25, 0.3) is 5.82 Å². The minimum Gasteiger partial charge on any atom is -0.319 e. The van der Waals surface area contributed by atoms with Gasteiger partial charge in [-0.1, -0.05) is 6.07 Å². The lowest BCUT2D eigenvalue weighted by Gasteiger charge is -2.29. The molecule has 0 unspecified atom stereocenters. The van der Waals surface area contributed by atoms with E-state index in [0.29, 0.717) is 23.7 Å². The Bertz CT molecular complexity index is 690. The molecule has 2 saturated carbocycles. The lowest BCUT2D eigenvalue weighted by atomic mass is 10.2. The molecule has 0 saturated heterocycles. The van der Waals surface area contributed by atoms with E-state index >= 15 is 0 Å². The number of carbonyl (C=O) groups is 1. The van der Waals surface area contributed by atoms with Crippen molar-refractivity contribution in [3.05, 3.63) is 36.8 Å². The highest BCUT2D eigenvalue weighted by molar-refractivity contribution is 5.89. The van der Waals surface area contributed by atoms with Gasteiger partial charge >= 0.3 is 6.03 Å². The standard InChI is InChI=1S/C17H21N5O/c1-12(13-5-6-13)22(15-7-8-15)17(23)20-14-10-19-21(11-14)16-4-2-3-9-18-16/h2-4,9-13,15H,5-8H2,1H3,(H,20,23)/t12-/m0/s1. The van der Waals surface area contributed by atoms with Gasteiger partial charge in [0.25, 0.3) is 0 Å². The third-order valence-electron chi connectivity index (χ3n) is 4.64. The summed E-state index contributed by atoms with van der Waals surface area (Å²) in [5, 5.41) is 7.27. The molecule has 2 aliphatic carbocycles.